The number of halogens is 4. The molecule has 0 aliphatic carbocycles. The van der Waals surface area contributed by atoms with Gasteiger partial charge in [0.05, 0.1) is 21.8 Å². The van der Waals surface area contributed by atoms with Gasteiger partial charge in [0.25, 0.3) is 0 Å². The number of anilines is 3. The molecule has 0 atom stereocenters. The first kappa shape index (κ1) is 27.0. The van der Waals surface area contributed by atoms with Crippen LogP contribution in [-0.2, 0) is 11.0 Å². The number of nitrogens with one attached hydrogen (secondary N) is 2. The van der Waals surface area contributed by atoms with Crippen LogP contribution in [0.3, 0.4) is 0 Å². The SMILES string of the molecule is CC(C)CC(=O)Nc1ccc2c(ccn2-c2ccc(NC(=O)N(O)c3ccc(Cl)c(C(F)(F)F)c3)cc2)c1. The van der Waals surface area contributed by atoms with Gasteiger partial charge < -0.3 is 15.2 Å². The minimum absolute atomic E-state index is 0.0466. The van der Waals surface area contributed by atoms with Crippen LogP contribution < -0.4 is 15.7 Å². The van der Waals surface area contributed by atoms with Crippen LogP contribution in [0.2, 0.25) is 5.02 Å². The molecule has 0 saturated heterocycles. The van der Waals surface area contributed by atoms with Gasteiger partial charge in [-0.25, -0.2) is 4.79 Å². The molecule has 0 bridgehead atoms. The van der Waals surface area contributed by atoms with Gasteiger partial charge in [-0.1, -0.05) is 25.4 Å². The smallest absolute Gasteiger partial charge is 0.326 e. The molecular weight excluding hydrogens is 521 g/mol. The van der Waals surface area contributed by atoms with Gasteiger partial charge in [-0.05, 0) is 72.6 Å². The largest absolute Gasteiger partial charge is 0.417 e. The fraction of sp³-hybridized carbons (Fsp3) is 0.185. The Labute approximate surface area is 221 Å². The summed E-state index contributed by atoms with van der Waals surface area (Å²) < 4.78 is 41.2. The number of aromatic nitrogens is 1. The molecule has 7 nitrogen and oxygen atoms in total. The Balaban J connectivity index is 1.46. The van der Waals surface area contributed by atoms with Crippen molar-refractivity contribution in [2.75, 3.05) is 15.7 Å². The number of carbonyl (C=O) groups is 2. The monoisotopic (exact) mass is 544 g/mol. The van der Waals surface area contributed by atoms with Gasteiger partial charge in [-0.3, -0.25) is 10.0 Å². The van der Waals surface area contributed by atoms with Crippen molar-refractivity contribution in [3.63, 3.8) is 0 Å². The maximum absolute atomic E-state index is 13.1. The topological polar surface area (TPSA) is 86.6 Å². The molecule has 3 amide bonds. The number of urea groups is 1. The van der Waals surface area contributed by atoms with Crippen molar-refractivity contribution in [3.05, 3.63) is 83.5 Å². The number of hydrogen-bond acceptors (Lipinski definition) is 3. The lowest BCUT2D eigenvalue weighted by Gasteiger charge is -2.18. The summed E-state index contributed by atoms with van der Waals surface area (Å²) in [6.07, 6.45) is -2.44. The van der Waals surface area contributed by atoms with Crippen LogP contribution in [0.15, 0.2) is 72.9 Å². The third-order valence-electron chi connectivity index (χ3n) is 5.66. The molecule has 198 valence electrons. The van der Waals surface area contributed by atoms with Crippen molar-refractivity contribution in [1.29, 1.82) is 0 Å². The molecule has 0 fully saturated rings. The molecule has 4 rings (SSSR count). The van der Waals surface area contributed by atoms with Crippen LogP contribution in [0.1, 0.15) is 25.8 Å². The zero-order valence-corrected chi connectivity index (χ0v) is 21.1. The Kier molecular flexibility index (Phi) is 7.66. The molecule has 11 heteroatoms. The van der Waals surface area contributed by atoms with E-state index in [-0.39, 0.29) is 16.9 Å². The number of alkyl halides is 3. The number of hydroxylamine groups is 1. The second-order valence-electron chi connectivity index (χ2n) is 9.06. The maximum atomic E-state index is 13.1. The fourth-order valence-corrected chi connectivity index (χ4v) is 4.11. The minimum atomic E-state index is -4.74. The zero-order chi connectivity index (χ0) is 27.6. The Morgan fingerprint density at radius 2 is 1.66 bits per heavy atom. The third kappa shape index (κ3) is 6.09. The second kappa shape index (κ2) is 10.8. The summed E-state index contributed by atoms with van der Waals surface area (Å²) in [6.45, 7) is 3.96. The summed E-state index contributed by atoms with van der Waals surface area (Å²) in [5.74, 6) is 0.211. The van der Waals surface area contributed by atoms with Gasteiger partial charge in [-0.2, -0.15) is 18.2 Å². The van der Waals surface area contributed by atoms with Crippen molar-refractivity contribution in [1.82, 2.24) is 4.57 Å². The highest BCUT2D eigenvalue weighted by molar-refractivity contribution is 6.31. The third-order valence-corrected chi connectivity index (χ3v) is 5.99. The molecule has 0 spiro atoms. The lowest BCUT2D eigenvalue weighted by Crippen LogP contribution is -2.32. The Morgan fingerprint density at radius 3 is 2.32 bits per heavy atom. The van der Waals surface area contributed by atoms with Crippen LogP contribution in [-0.4, -0.2) is 21.7 Å². The summed E-state index contributed by atoms with van der Waals surface area (Å²) in [5.41, 5.74) is 1.13. The average Bonchev–Trinajstić information content (AvgIpc) is 3.26. The molecular formula is C27H24ClF3N4O3. The number of carbonyl (C=O) groups excluding carboxylic acids is 2. The predicted molar refractivity (Wildman–Crippen MR) is 141 cm³/mol. The molecule has 3 N–H and O–H groups in total. The molecule has 0 saturated carbocycles. The van der Waals surface area contributed by atoms with Crippen molar-refractivity contribution in [2.45, 2.75) is 26.4 Å². The van der Waals surface area contributed by atoms with Crippen LogP contribution in [0.4, 0.5) is 35.0 Å². The van der Waals surface area contributed by atoms with Crippen molar-refractivity contribution >= 4 is 51.5 Å². The van der Waals surface area contributed by atoms with Gasteiger partial charge in [-0.15, -0.1) is 0 Å². The van der Waals surface area contributed by atoms with Crippen LogP contribution >= 0.6 is 11.6 Å². The van der Waals surface area contributed by atoms with E-state index in [1.165, 1.54) is 0 Å². The molecule has 3 aromatic carbocycles. The van der Waals surface area contributed by atoms with E-state index in [0.717, 1.165) is 28.7 Å². The van der Waals surface area contributed by atoms with Crippen molar-refractivity contribution in [3.8, 4) is 5.69 Å². The first-order valence-corrected chi connectivity index (χ1v) is 12.0. The normalized spacial score (nSPS) is 11.6. The van der Waals surface area contributed by atoms with E-state index in [2.05, 4.69) is 10.6 Å². The molecule has 0 aliphatic rings. The summed E-state index contributed by atoms with van der Waals surface area (Å²) >= 11 is 5.59. The first-order valence-electron chi connectivity index (χ1n) is 11.6. The minimum Gasteiger partial charge on any atom is -0.326 e. The van der Waals surface area contributed by atoms with Crippen molar-refractivity contribution in [2.24, 2.45) is 5.92 Å². The first-order chi connectivity index (χ1) is 17.9. The molecule has 0 radical (unpaired) electrons. The summed E-state index contributed by atoms with van der Waals surface area (Å²) in [5, 5.41) is 15.9. The summed E-state index contributed by atoms with van der Waals surface area (Å²) in [7, 11) is 0. The zero-order valence-electron chi connectivity index (χ0n) is 20.4. The number of nitrogens with zero attached hydrogens (tertiary/aromatic N) is 2. The van der Waals surface area contributed by atoms with E-state index >= 15 is 0 Å². The molecule has 0 aliphatic heterocycles. The number of benzene rings is 3. The quantitative estimate of drug-likeness (QED) is 0.171. The summed E-state index contributed by atoms with van der Waals surface area (Å²) in [4.78, 5) is 24.5. The number of fused-ring (bicyclic) bond motifs is 1. The van der Waals surface area contributed by atoms with Crippen LogP contribution in [0.25, 0.3) is 16.6 Å². The van der Waals surface area contributed by atoms with E-state index in [1.807, 2.05) is 48.9 Å². The van der Waals surface area contributed by atoms with Gasteiger partial charge in [0.15, 0.2) is 0 Å². The molecule has 1 heterocycles. The highest BCUT2D eigenvalue weighted by Gasteiger charge is 2.34. The lowest BCUT2D eigenvalue weighted by atomic mass is 10.1. The molecule has 0 unspecified atom stereocenters. The molecule has 38 heavy (non-hydrogen) atoms. The van der Waals surface area contributed by atoms with Gasteiger partial charge in [0.2, 0.25) is 5.91 Å². The predicted octanol–water partition coefficient (Wildman–Crippen LogP) is 7.72. The standard InChI is InChI=1S/C27H24ClF3N4O3/c1-16(2)13-25(36)32-19-5-10-24-17(14-19)11-12-34(24)20-6-3-18(4-7-20)33-26(37)35(38)21-8-9-23(28)22(15-21)27(29,30)31/h3-12,14-16,38H,13H2,1-2H3,(H,32,36)(H,33,37). The van der Waals surface area contributed by atoms with E-state index < -0.39 is 28.5 Å². The highest BCUT2D eigenvalue weighted by atomic mass is 35.5. The molecule has 1 aromatic heterocycles. The number of amides is 3. The molecule has 4 aromatic rings. The average molecular weight is 545 g/mol. The fourth-order valence-electron chi connectivity index (χ4n) is 3.89. The van der Waals surface area contributed by atoms with E-state index in [0.29, 0.717) is 23.9 Å². The van der Waals surface area contributed by atoms with Crippen LogP contribution in [0.5, 0.6) is 0 Å². The van der Waals surface area contributed by atoms with E-state index in [4.69, 9.17) is 11.6 Å². The van der Waals surface area contributed by atoms with Crippen LogP contribution in [0, 0.1) is 5.92 Å². The van der Waals surface area contributed by atoms with Gasteiger partial charge in [0, 0.05) is 35.1 Å². The second-order valence-corrected chi connectivity index (χ2v) is 9.46. The number of rotatable bonds is 6. The number of hydrogen-bond donors (Lipinski definition) is 3. The van der Waals surface area contributed by atoms with E-state index in [1.54, 1.807) is 24.3 Å². The maximum Gasteiger partial charge on any atom is 0.417 e. The Bertz CT molecular complexity index is 1480. The van der Waals surface area contributed by atoms with Crippen molar-refractivity contribution < 1.29 is 28.0 Å². The van der Waals surface area contributed by atoms with Gasteiger partial charge >= 0.3 is 12.2 Å². The Hall–Kier alpha value is -4.02. The van der Waals surface area contributed by atoms with E-state index in [9.17, 15) is 28.0 Å². The lowest BCUT2D eigenvalue weighted by molar-refractivity contribution is -0.137. The highest BCUT2D eigenvalue weighted by Crippen LogP contribution is 2.37. The Morgan fingerprint density at radius 1 is 0.974 bits per heavy atom. The van der Waals surface area contributed by atoms with Gasteiger partial charge in [0.1, 0.15) is 0 Å². The summed E-state index contributed by atoms with van der Waals surface area (Å²) in [6, 6.07) is 15.8.